The molecule has 8 nitrogen and oxygen atoms in total. The zero-order valence-corrected chi connectivity index (χ0v) is 20.3. The van der Waals surface area contributed by atoms with Crippen LogP contribution in [0.1, 0.15) is 16.7 Å². The topological polar surface area (TPSA) is 117 Å². The normalized spacial score (nSPS) is 11.8. The highest BCUT2D eigenvalue weighted by atomic mass is 32.2. The van der Waals surface area contributed by atoms with Crippen molar-refractivity contribution in [1.29, 1.82) is 0 Å². The van der Waals surface area contributed by atoms with Crippen molar-refractivity contribution in [3.05, 3.63) is 100.0 Å². The van der Waals surface area contributed by atoms with Crippen molar-refractivity contribution in [1.82, 2.24) is 19.7 Å². The molecule has 0 spiro atoms. The van der Waals surface area contributed by atoms with Crippen molar-refractivity contribution in [2.75, 3.05) is 5.32 Å². The second-order valence-electron chi connectivity index (χ2n) is 8.49. The Balaban J connectivity index is 1.58. The van der Waals surface area contributed by atoms with Gasteiger partial charge in [0.05, 0.1) is 10.4 Å². The number of hydrogen-bond donors (Lipinski definition) is 3. The molecule has 3 heterocycles. The van der Waals surface area contributed by atoms with E-state index in [9.17, 15) is 17.6 Å². The van der Waals surface area contributed by atoms with E-state index in [0.29, 0.717) is 38.7 Å². The minimum Gasteiger partial charge on any atom is -0.339 e. The standard InChI is InChI=1S/C26H22FN5O3S/c1-15-8-16(2)24(36(34,35)30-13-17-4-3-7-28-12-17)11-23(15)32-26-20-10-25(33)29-14-21(20)19-9-18(27)5-6-22(19)31-26/h3-12,14,30H,13H2,1-2H3,(H,29,33)(H,31,32). The maximum Gasteiger partial charge on any atom is 0.248 e. The minimum absolute atomic E-state index is 0.0997. The highest BCUT2D eigenvalue weighted by Crippen LogP contribution is 2.32. The van der Waals surface area contributed by atoms with Crippen LogP contribution < -0.4 is 15.6 Å². The molecule has 2 aromatic carbocycles. The third-order valence-corrected chi connectivity index (χ3v) is 7.46. The molecule has 0 amide bonds. The summed E-state index contributed by atoms with van der Waals surface area (Å²) in [6.45, 7) is 3.68. The number of aryl methyl sites for hydroxylation is 2. The lowest BCUT2D eigenvalue weighted by atomic mass is 10.1. The summed E-state index contributed by atoms with van der Waals surface area (Å²) in [5.41, 5.74) is 2.80. The first-order chi connectivity index (χ1) is 17.2. The molecule has 0 unspecified atom stereocenters. The number of nitrogens with zero attached hydrogens (tertiary/aromatic N) is 2. The summed E-state index contributed by atoms with van der Waals surface area (Å²) in [5, 5.41) is 4.85. The fraction of sp³-hybridized carbons (Fsp3) is 0.115. The van der Waals surface area contributed by atoms with Gasteiger partial charge in [0.1, 0.15) is 11.6 Å². The molecule has 36 heavy (non-hydrogen) atoms. The Bertz CT molecular complexity index is 1790. The molecule has 0 atom stereocenters. The van der Waals surface area contributed by atoms with Gasteiger partial charge in [0.2, 0.25) is 15.6 Å². The zero-order valence-electron chi connectivity index (χ0n) is 19.5. The smallest absolute Gasteiger partial charge is 0.248 e. The molecular weight excluding hydrogens is 481 g/mol. The first-order valence-electron chi connectivity index (χ1n) is 11.1. The van der Waals surface area contributed by atoms with Crippen LogP contribution in [-0.2, 0) is 16.6 Å². The van der Waals surface area contributed by atoms with E-state index in [-0.39, 0.29) is 17.0 Å². The van der Waals surface area contributed by atoms with Crippen molar-refractivity contribution < 1.29 is 12.8 Å². The van der Waals surface area contributed by atoms with Gasteiger partial charge < -0.3 is 10.3 Å². The summed E-state index contributed by atoms with van der Waals surface area (Å²) in [5.74, 6) is -0.0608. The number of rotatable bonds is 6. The van der Waals surface area contributed by atoms with Gasteiger partial charge in [0, 0.05) is 53.0 Å². The molecule has 182 valence electrons. The molecule has 5 aromatic rings. The maximum atomic E-state index is 13.9. The van der Waals surface area contributed by atoms with E-state index in [0.717, 1.165) is 11.1 Å². The van der Waals surface area contributed by atoms with Gasteiger partial charge in [-0.15, -0.1) is 0 Å². The lowest BCUT2D eigenvalue weighted by molar-refractivity contribution is 0.580. The summed E-state index contributed by atoms with van der Waals surface area (Å²) in [7, 11) is -3.84. The number of sulfonamides is 1. The lowest BCUT2D eigenvalue weighted by Gasteiger charge is -2.16. The molecule has 0 aliphatic rings. The van der Waals surface area contributed by atoms with Crippen molar-refractivity contribution in [3.8, 4) is 0 Å². The number of pyridine rings is 3. The third-order valence-electron chi connectivity index (χ3n) is 5.91. The Morgan fingerprint density at radius 1 is 1.00 bits per heavy atom. The van der Waals surface area contributed by atoms with Crippen molar-refractivity contribution in [3.63, 3.8) is 0 Å². The number of nitrogens with one attached hydrogen (secondary N) is 3. The van der Waals surface area contributed by atoms with Gasteiger partial charge in [-0.25, -0.2) is 22.5 Å². The number of anilines is 2. The van der Waals surface area contributed by atoms with E-state index < -0.39 is 15.8 Å². The van der Waals surface area contributed by atoms with Gasteiger partial charge in [-0.05, 0) is 60.9 Å². The van der Waals surface area contributed by atoms with Crippen LogP contribution in [0, 0.1) is 19.7 Å². The van der Waals surface area contributed by atoms with Gasteiger partial charge in [0.25, 0.3) is 0 Å². The Hall–Kier alpha value is -4.15. The van der Waals surface area contributed by atoms with Crippen molar-refractivity contribution in [2.45, 2.75) is 25.3 Å². The second-order valence-corrected chi connectivity index (χ2v) is 10.2. The van der Waals surface area contributed by atoms with Gasteiger partial charge in [0.15, 0.2) is 0 Å². The van der Waals surface area contributed by atoms with Gasteiger partial charge >= 0.3 is 0 Å². The predicted octanol–water partition coefficient (Wildman–Crippen LogP) is 4.45. The molecule has 0 aliphatic heterocycles. The Morgan fingerprint density at radius 2 is 1.83 bits per heavy atom. The molecule has 0 saturated heterocycles. The van der Waals surface area contributed by atoms with Crippen molar-refractivity contribution >= 4 is 43.2 Å². The molecular formula is C26H22FN5O3S. The summed E-state index contributed by atoms with van der Waals surface area (Å²) < 4.78 is 42.8. The van der Waals surface area contributed by atoms with Crippen molar-refractivity contribution in [2.24, 2.45) is 0 Å². The van der Waals surface area contributed by atoms with Crippen LogP contribution in [0.25, 0.3) is 21.7 Å². The maximum absolute atomic E-state index is 13.9. The van der Waals surface area contributed by atoms with E-state index in [2.05, 4.69) is 25.0 Å². The first kappa shape index (κ1) is 23.6. The minimum atomic E-state index is -3.84. The molecule has 0 bridgehead atoms. The third kappa shape index (κ3) is 4.56. The fourth-order valence-electron chi connectivity index (χ4n) is 4.13. The van der Waals surface area contributed by atoms with Crippen LogP contribution in [0.3, 0.4) is 0 Å². The molecule has 0 aliphatic carbocycles. The molecule has 5 rings (SSSR count). The Labute approximate surface area is 206 Å². The number of hydrogen-bond acceptors (Lipinski definition) is 6. The molecule has 3 aromatic heterocycles. The van der Waals surface area contributed by atoms with Crippen LogP contribution in [0.2, 0.25) is 0 Å². The molecule has 10 heteroatoms. The van der Waals surface area contributed by atoms with Gasteiger partial charge in [-0.1, -0.05) is 12.1 Å². The SMILES string of the molecule is Cc1cc(C)c(S(=O)(=O)NCc2cccnc2)cc1Nc1nc2ccc(F)cc2c2c[nH]c(=O)cc12. The second kappa shape index (κ2) is 9.14. The molecule has 0 fully saturated rings. The number of fused-ring (bicyclic) bond motifs is 3. The average molecular weight is 504 g/mol. The monoisotopic (exact) mass is 503 g/mol. The average Bonchev–Trinajstić information content (AvgIpc) is 2.85. The largest absolute Gasteiger partial charge is 0.339 e. The highest BCUT2D eigenvalue weighted by Gasteiger charge is 2.20. The molecule has 3 N–H and O–H groups in total. The number of aromatic nitrogens is 3. The summed E-state index contributed by atoms with van der Waals surface area (Å²) in [4.78, 5) is 23.5. The Kier molecular flexibility index (Phi) is 5.99. The number of benzene rings is 2. The van der Waals surface area contributed by atoms with E-state index in [1.54, 1.807) is 49.6 Å². The summed E-state index contributed by atoms with van der Waals surface area (Å²) >= 11 is 0. The Morgan fingerprint density at radius 3 is 2.61 bits per heavy atom. The van der Waals surface area contributed by atoms with Gasteiger partial charge in [-0.3, -0.25) is 9.78 Å². The first-order valence-corrected chi connectivity index (χ1v) is 12.6. The summed E-state index contributed by atoms with van der Waals surface area (Å²) in [6.07, 6.45) is 4.74. The molecule has 0 saturated carbocycles. The lowest BCUT2D eigenvalue weighted by Crippen LogP contribution is -2.24. The predicted molar refractivity (Wildman–Crippen MR) is 137 cm³/mol. The van der Waals surface area contributed by atoms with E-state index in [4.69, 9.17) is 0 Å². The number of aromatic amines is 1. The zero-order chi connectivity index (χ0) is 25.4. The van der Waals surface area contributed by atoms with E-state index in [1.807, 2.05) is 6.92 Å². The fourth-order valence-corrected chi connectivity index (χ4v) is 5.40. The van der Waals surface area contributed by atoms with E-state index in [1.165, 1.54) is 24.4 Å². The van der Waals surface area contributed by atoms with Crippen LogP contribution in [0.5, 0.6) is 0 Å². The quantitative estimate of drug-likeness (QED) is 0.295. The van der Waals surface area contributed by atoms with E-state index >= 15 is 0 Å². The number of halogens is 1. The number of H-pyrrole nitrogens is 1. The summed E-state index contributed by atoms with van der Waals surface area (Å²) in [6, 6.07) is 12.5. The van der Waals surface area contributed by atoms with Gasteiger partial charge in [-0.2, -0.15) is 0 Å². The van der Waals surface area contributed by atoms with Crippen LogP contribution in [0.15, 0.2) is 76.8 Å². The van der Waals surface area contributed by atoms with Crippen LogP contribution in [0.4, 0.5) is 15.9 Å². The highest BCUT2D eigenvalue weighted by molar-refractivity contribution is 7.89. The van der Waals surface area contributed by atoms with Crippen LogP contribution in [-0.4, -0.2) is 23.4 Å². The van der Waals surface area contributed by atoms with Crippen LogP contribution >= 0.6 is 0 Å². The molecule has 0 radical (unpaired) electrons.